The quantitative estimate of drug-likeness (QED) is 0.333. The Morgan fingerprint density at radius 1 is 0.806 bits per heavy atom. The Morgan fingerprint density at radius 2 is 1.55 bits per heavy atom. The maximum Gasteiger partial charge on any atom is 0.354 e. The number of hydrogen-bond acceptors (Lipinski definition) is 2. The Hall–Kier alpha value is -3.72. The number of hydrogen-bond donors (Lipinski definition) is 1. The first-order chi connectivity index (χ1) is 15.2. The van der Waals surface area contributed by atoms with Gasteiger partial charge in [0.1, 0.15) is 5.69 Å². The first kappa shape index (κ1) is 18.1. The van der Waals surface area contributed by atoms with Crippen LogP contribution in [0.5, 0.6) is 0 Å². The van der Waals surface area contributed by atoms with Crippen molar-refractivity contribution in [2.75, 3.05) is 0 Å². The molecule has 0 fully saturated rings. The average Bonchev–Trinajstić information content (AvgIpc) is 2.82. The smallest absolute Gasteiger partial charge is 0.354 e. The van der Waals surface area contributed by atoms with Crippen LogP contribution in [0.15, 0.2) is 78.9 Å². The van der Waals surface area contributed by atoms with Crippen LogP contribution >= 0.6 is 0 Å². The fourth-order valence-electron chi connectivity index (χ4n) is 5.30. The van der Waals surface area contributed by atoms with Gasteiger partial charge in [0, 0.05) is 11.3 Å². The monoisotopic (exact) mass is 403 g/mol. The standard InChI is InChI=1S/C28H21NO2/c30-28(31)25-16-19-7-2-4-10-21(19)27(29-25)24-11-5-8-18-13-14-22-20-9-3-1-6-17(20)12-15-23(22)26(18)24/h1-4,6-7,9-10,12-16,24H,5,8,11H2,(H,30,31). The predicted octanol–water partition coefficient (Wildman–Crippen LogP) is 6.71. The molecule has 1 aliphatic carbocycles. The topological polar surface area (TPSA) is 50.2 Å². The van der Waals surface area contributed by atoms with Gasteiger partial charge in [0.2, 0.25) is 0 Å². The second-order valence-corrected chi connectivity index (χ2v) is 8.38. The third-order valence-corrected chi connectivity index (χ3v) is 6.66. The van der Waals surface area contributed by atoms with Crippen LogP contribution in [0.25, 0.3) is 32.3 Å². The van der Waals surface area contributed by atoms with Crippen LogP contribution < -0.4 is 0 Å². The molecule has 3 nitrogen and oxygen atoms in total. The molecular weight excluding hydrogens is 382 g/mol. The second kappa shape index (κ2) is 6.92. The van der Waals surface area contributed by atoms with E-state index in [1.165, 1.54) is 32.7 Å². The van der Waals surface area contributed by atoms with E-state index in [1.54, 1.807) is 6.07 Å². The van der Waals surface area contributed by atoms with Crippen molar-refractivity contribution in [2.24, 2.45) is 0 Å². The summed E-state index contributed by atoms with van der Waals surface area (Å²) in [5.41, 5.74) is 3.67. The first-order valence-electron chi connectivity index (χ1n) is 10.8. The first-order valence-corrected chi connectivity index (χ1v) is 10.8. The van der Waals surface area contributed by atoms with E-state index >= 15 is 0 Å². The molecule has 1 atom stereocenters. The van der Waals surface area contributed by atoms with E-state index in [2.05, 4.69) is 54.6 Å². The van der Waals surface area contributed by atoms with Gasteiger partial charge in [-0.1, -0.05) is 72.8 Å². The Balaban J connectivity index is 1.68. The van der Waals surface area contributed by atoms with E-state index in [0.29, 0.717) is 0 Å². The third-order valence-electron chi connectivity index (χ3n) is 6.66. The zero-order valence-electron chi connectivity index (χ0n) is 17.0. The Labute approximate surface area is 180 Å². The van der Waals surface area contributed by atoms with Crippen molar-refractivity contribution in [1.82, 2.24) is 4.98 Å². The SMILES string of the molecule is O=C(O)c1cc2ccccc2c(C2CCCc3ccc4c(ccc5ccccc54)c32)n1. The number of carboxylic acids is 1. The van der Waals surface area contributed by atoms with Gasteiger partial charge >= 0.3 is 5.97 Å². The Morgan fingerprint density at radius 3 is 2.39 bits per heavy atom. The summed E-state index contributed by atoms with van der Waals surface area (Å²) >= 11 is 0. The summed E-state index contributed by atoms with van der Waals surface area (Å²) in [5, 5.41) is 16.7. The molecule has 0 radical (unpaired) electrons. The lowest BCUT2D eigenvalue weighted by Crippen LogP contribution is -2.15. The number of carbonyl (C=O) groups is 1. The Kier molecular flexibility index (Phi) is 4.03. The number of aromatic nitrogens is 1. The van der Waals surface area contributed by atoms with Crippen LogP contribution in [0.1, 0.15) is 46.1 Å². The lowest BCUT2D eigenvalue weighted by Gasteiger charge is -2.28. The molecule has 150 valence electrons. The molecule has 6 rings (SSSR count). The highest BCUT2D eigenvalue weighted by Gasteiger charge is 2.28. The molecule has 5 aromatic rings. The van der Waals surface area contributed by atoms with E-state index in [-0.39, 0.29) is 11.6 Å². The molecule has 1 aromatic heterocycles. The molecule has 3 heteroatoms. The van der Waals surface area contributed by atoms with Crippen molar-refractivity contribution in [3.8, 4) is 0 Å². The summed E-state index contributed by atoms with van der Waals surface area (Å²) in [6, 6.07) is 27.1. The van der Waals surface area contributed by atoms with Gasteiger partial charge in [0.05, 0.1) is 5.69 Å². The number of pyridine rings is 1. The van der Waals surface area contributed by atoms with E-state index in [0.717, 1.165) is 35.7 Å². The molecule has 0 amide bonds. The number of benzene rings is 4. The van der Waals surface area contributed by atoms with E-state index in [9.17, 15) is 9.90 Å². The molecule has 31 heavy (non-hydrogen) atoms. The average molecular weight is 403 g/mol. The van der Waals surface area contributed by atoms with Crippen LogP contribution in [0.4, 0.5) is 0 Å². The molecule has 0 bridgehead atoms. The van der Waals surface area contributed by atoms with Crippen molar-refractivity contribution in [1.29, 1.82) is 0 Å². The molecule has 4 aromatic carbocycles. The second-order valence-electron chi connectivity index (χ2n) is 8.38. The lowest BCUT2D eigenvalue weighted by atomic mass is 9.77. The summed E-state index contributed by atoms with van der Waals surface area (Å²) < 4.78 is 0. The van der Waals surface area contributed by atoms with Crippen LogP contribution in [-0.2, 0) is 6.42 Å². The highest BCUT2D eigenvalue weighted by molar-refractivity contribution is 6.09. The van der Waals surface area contributed by atoms with E-state index in [4.69, 9.17) is 4.98 Å². The number of aryl methyl sites for hydroxylation is 1. The Bertz CT molecular complexity index is 1500. The largest absolute Gasteiger partial charge is 0.477 e. The summed E-state index contributed by atoms with van der Waals surface area (Å²) in [6.45, 7) is 0. The molecule has 0 saturated carbocycles. The minimum absolute atomic E-state index is 0.0813. The minimum atomic E-state index is -0.980. The molecule has 1 N–H and O–H groups in total. The molecule has 1 unspecified atom stereocenters. The van der Waals surface area contributed by atoms with E-state index in [1.807, 2.05) is 18.2 Å². The summed E-state index contributed by atoms with van der Waals surface area (Å²) in [7, 11) is 0. The van der Waals surface area contributed by atoms with Crippen molar-refractivity contribution < 1.29 is 9.90 Å². The highest BCUT2D eigenvalue weighted by Crippen LogP contribution is 2.43. The van der Waals surface area contributed by atoms with Crippen molar-refractivity contribution in [3.63, 3.8) is 0 Å². The van der Waals surface area contributed by atoms with Gasteiger partial charge in [-0.2, -0.15) is 0 Å². The zero-order valence-corrected chi connectivity index (χ0v) is 17.0. The highest BCUT2D eigenvalue weighted by atomic mass is 16.4. The van der Waals surface area contributed by atoms with Crippen molar-refractivity contribution in [2.45, 2.75) is 25.2 Å². The molecule has 1 heterocycles. The summed E-state index contributed by atoms with van der Waals surface area (Å²) in [6.07, 6.45) is 3.09. The normalized spacial score (nSPS) is 15.9. The van der Waals surface area contributed by atoms with Gasteiger partial charge in [-0.15, -0.1) is 0 Å². The van der Waals surface area contributed by atoms with Crippen LogP contribution in [-0.4, -0.2) is 16.1 Å². The molecule has 0 spiro atoms. The number of carboxylic acid groups (broad SMARTS) is 1. The van der Waals surface area contributed by atoms with Crippen LogP contribution in [0, 0.1) is 0 Å². The summed E-state index contributed by atoms with van der Waals surface area (Å²) in [5.74, 6) is -0.898. The van der Waals surface area contributed by atoms with Gasteiger partial charge in [-0.3, -0.25) is 0 Å². The number of aromatic carboxylic acids is 1. The maximum absolute atomic E-state index is 11.8. The van der Waals surface area contributed by atoms with Crippen molar-refractivity contribution >= 4 is 38.3 Å². The predicted molar refractivity (Wildman–Crippen MR) is 125 cm³/mol. The van der Waals surface area contributed by atoms with Gasteiger partial charge in [0.15, 0.2) is 0 Å². The lowest BCUT2D eigenvalue weighted by molar-refractivity contribution is 0.0690. The number of rotatable bonds is 2. The molecule has 0 aliphatic heterocycles. The van der Waals surface area contributed by atoms with Crippen molar-refractivity contribution in [3.05, 3.63) is 101 Å². The summed E-state index contributed by atoms with van der Waals surface area (Å²) in [4.78, 5) is 16.5. The van der Waals surface area contributed by atoms with Gasteiger partial charge < -0.3 is 5.11 Å². The molecule has 1 aliphatic rings. The fraction of sp³-hybridized carbons (Fsp3) is 0.143. The zero-order chi connectivity index (χ0) is 20.9. The maximum atomic E-state index is 11.8. The van der Waals surface area contributed by atoms with Gasteiger partial charge in [0.25, 0.3) is 0 Å². The van der Waals surface area contributed by atoms with Gasteiger partial charge in [-0.05, 0) is 63.4 Å². The third kappa shape index (κ3) is 2.81. The minimum Gasteiger partial charge on any atom is -0.477 e. The molecule has 0 saturated heterocycles. The fourth-order valence-corrected chi connectivity index (χ4v) is 5.30. The number of fused-ring (bicyclic) bond motifs is 6. The molecular formula is C28H21NO2. The van der Waals surface area contributed by atoms with Crippen LogP contribution in [0.2, 0.25) is 0 Å². The van der Waals surface area contributed by atoms with Crippen LogP contribution in [0.3, 0.4) is 0 Å². The number of nitrogens with zero attached hydrogens (tertiary/aromatic N) is 1. The van der Waals surface area contributed by atoms with Gasteiger partial charge in [-0.25, -0.2) is 9.78 Å². The van der Waals surface area contributed by atoms with E-state index < -0.39 is 5.97 Å².